The zero-order chi connectivity index (χ0) is 39.6. The van der Waals surface area contributed by atoms with E-state index in [0.29, 0.717) is 17.5 Å². The Morgan fingerprint density at radius 1 is 0.333 bits per heavy atom. The lowest BCUT2D eigenvalue weighted by Gasteiger charge is -2.40. The molecule has 1 spiro atoms. The minimum Gasteiger partial charge on any atom is -0.457 e. The Kier molecular flexibility index (Phi) is 7.69. The van der Waals surface area contributed by atoms with Crippen molar-refractivity contribution >= 4 is 10.9 Å². The molecule has 0 amide bonds. The van der Waals surface area contributed by atoms with Gasteiger partial charge in [-0.2, -0.15) is 0 Å². The molecule has 0 saturated carbocycles. The molecule has 1 aliphatic heterocycles. The van der Waals surface area contributed by atoms with E-state index in [-0.39, 0.29) is 0 Å². The molecule has 12 rings (SSSR count). The van der Waals surface area contributed by atoms with Crippen LogP contribution in [-0.4, -0.2) is 19.9 Å². The molecule has 0 unspecified atom stereocenters. The quantitative estimate of drug-likeness (QED) is 0.175. The van der Waals surface area contributed by atoms with Crippen LogP contribution in [0.1, 0.15) is 22.3 Å². The lowest BCUT2D eigenvalue weighted by molar-refractivity contribution is 0.436. The van der Waals surface area contributed by atoms with Crippen molar-refractivity contribution in [3.63, 3.8) is 0 Å². The standard InChI is InChI=1S/C55H34N4O/c1-3-13-38(14-4-1)52-57-53(39-15-5-2-6-16-39)59-54(58-52)41-29-31-50-48(34-41)55(45-22-9-7-19-43(45)44-20-8-10-23-46(44)55)47-33-40(28-30-49(47)60-50)35-24-26-36(27-25-35)42-21-11-17-37-18-12-32-56-51(37)42/h1-34H. The van der Waals surface area contributed by atoms with Crippen molar-refractivity contribution in [3.05, 3.63) is 229 Å². The third kappa shape index (κ3) is 5.26. The van der Waals surface area contributed by atoms with Gasteiger partial charge in [0, 0.05) is 45.0 Å². The van der Waals surface area contributed by atoms with E-state index in [0.717, 1.165) is 72.5 Å². The molecule has 280 valence electrons. The Labute approximate surface area is 347 Å². The molecule has 0 N–H and O–H groups in total. The van der Waals surface area contributed by atoms with Crippen LogP contribution < -0.4 is 4.74 Å². The van der Waals surface area contributed by atoms with Crippen LogP contribution in [0.25, 0.3) is 78.4 Å². The van der Waals surface area contributed by atoms with Crippen LogP contribution >= 0.6 is 0 Å². The largest absolute Gasteiger partial charge is 0.457 e. The summed E-state index contributed by atoms with van der Waals surface area (Å²) in [5.41, 5.74) is 14.5. The van der Waals surface area contributed by atoms with Crippen molar-refractivity contribution < 1.29 is 4.74 Å². The number of hydrogen-bond acceptors (Lipinski definition) is 5. The lowest BCUT2D eigenvalue weighted by atomic mass is 9.65. The second-order valence-corrected chi connectivity index (χ2v) is 15.4. The molecular formula is C55H34N4O. The average Bonchev–Trinajstić information content (AvgIpc) is 3.62. The number of pyridine rings is 1. The van der Waals surface area contributed by atoms with E-state index in [1.807, 2.05) is 72.9 Å². The number of ether oxygens (including phenoxy) is 1. The van der Waals surface area contributed by atoms with E-state index < -0.39 is 5.41 Å². The summed E-state index contributed by atoms with van der Waals surface area (Å²) in [4.78, 5) is 19.9. The fraction of sp³-hybridized carbons (Fsp3) is 0.0182. The summed E-state index contributed by atoms with van der Waals surface area (Å²) in [6, 6.07) is 70.2. The highest BCUT2D eigenvalue weighted by Crippen LogP contribution is 2.62. The van der Waals surface area contributed by atoms with Gasteiger partial charge in [0.2, 0.25) is 0 Å². The number of hydrogen-bond donors (Lipinski definition) is 0. The van der Waals surface area contributed by atoms with Gasteiger partial charge in [0.05, 0.1) is 10.9 Å². The fourth-order valence-electron chi connectivity index (χ4n) is 9.34. The summed E-state index contributed by atoms with van der Waals surface area (Å²) < 4.78 is 6.92. The van der Waals surface area contributed by atoms with Crippen LogP contribution in [0.4, 0.5) is 0 Å². The molecule has 0 atom stereocenters. The molecule has 5 nitrogen and oxygen atoms in total. The Bertz CT molecular complexity index is 3180. The van der Waals surface area contributed by atoms with Gasteiger partial charge in [-0.05, 0) is 75.3 Å². The molecule has 0 bridgehead atoms. The highest BCUT2D eigenvalue weighted by Gasteiger charge is 2.51. The zero-order valence-electron chi connectivity index (χ0n) is 32.3. The van der Waals surface area contributed by atoms with Crippen molar-refractivity contribution in [2.45, 2.75) is 5.41 Å². The van der Waals surface area contributed by atoms with Crippen LogP contribution in [0.3, 0.4) is 0 Å². The Balaban J connectivity index is 1.05. The van der Waals surface area contributed by atoms with E-state index in [2.05, 4.69) is 133 Å². The van der Waals surface area contributed by atoms with Gasteiger partial charge in [0.25, 0.3) is 0 Å². The van der Waals surface area contributed by atoms with Crippen LogP contribution in [0.5, 0.6) is 11.5 Å². The summed E-state index contributed by atoms with van der Waals surface area (Å²) in [5, 5.41) is 1.13. The van der Waals surface area contributed by atoms with Crippen LogP contribution in [0.2, 0.25) is 0 Å². The summed E-state index contributed by atoms with van der Waals surface area (Å²) in [5.74, 6) is 3.48. The van der Waals surface area contributed by atoms with Gasteiger partial charge in [-0.3, -0.25) is 4.98 Å². The predicted molar refractivity (Wildman–Crippen MR) is 240 cm³/mol. The topological polar surface area (TPSA) is 60.8 Å². The van der Waals surface area contributed by atoms with Gasteiger partial charge >= 0.3 is 0 Å². The molecule has 60 heavy (non-hydrogen) atoms. The van der Waals surface area contributed by atoms with Gasteiger partial charge in [0.1, 0.15) is 11.5 Å². The second kappa shape index (κ2) is 13.5. The smallest absolute Gasteiger partial charge is 0.164 e. The maximum absolute atomic E-state index is 6.92. The molecule has 5 heteroatoms. The minimum atomic E-state index is -0.686. The van der Waals surface area contributed by atoms with Crippen molar-refractivity contribution in [1.82, 2.24) is 19.9 Å². The third-order valence-corrected chi connectivity index (χ3v) is 12.1. The normalized spacial score (nSPS) is 12.9. The third-order valence-electron chi connectivity index (χ3n) is 12.1. The summed E-state index contributed by atoms with van der Waals surface area (Å²) >= 11 is 0. The van der Waals surface area contributed by atoms with Crippen molar-refractivity contribution in [3.8, 4) is 79.0 Å². The summed E-state index contributed by atoms with van der Waals surface area (Å²) in [7, 11) is 0. The zero-order valence-corrected chi connectivity index (χ0v) is 32.3. The van der Waals surface area contributed by atoms with E-state index in [9.17, 15) is 0 Å². The van der Waals surface area contributed by atoms with Crippen LogP contribution in [0.15, 0.2) is 206 Å². The SMILES string of the molecule is c1ccc(-c2nc(-c3ccccc3)nc(-c3ccc4c(c3)C3(c5cc(-c6ccc(-c7cccc8cccnc78)cc6)ccc5O4)c4ccccc4-c4ccccc43)n2)cc1. The first-order valence-corrected chi connectivity index (χ1v) is 20.2. The Morgan fingerprint density at radius 2 is 0.817 bits per heavy atom. The monoisotopic (exact) mass is 766 g/mol. The average molecular weight is 767 g/mol. The molecule has 2 aliphatic rings. The highest BCUT2D eigenvalue weighted by atomic mass is 16.5. The first-order chi connectivity index (χ1) is 29.7. The molecule has 0 radical (unpaired) electrons. The number of para-hydroxylation sites is 1. The molecule has 0 fully saturated rings. The molecule has 10 aromatic rings. The molecule has 0 saturated heterocycles. The van der Waals surface area contributed by atoms with Gasteiger partial charge in [-0.25, -0.2) is 15.0 Å². The van der Waals surface area contributed by atoms with Crippen molar-refractivity contribution in [1.29, 1.82) is 0 Å². The highest BCUT2D eigenvalue weighted by molar-refractivity contribution is 5.94. The number of benzene rings is 8. The molecule has 8 aromatic carbocycles. The van der Waals surface area contributed by atoms with Gasteiger partial charge in [0.15, 0.2) is 17.5 Å². The van der Waals surface area contributed by atoms with Crippen LogP contribution in [0, 0.1) is 0 Å². The van der Waals surface area contributed by atoms with Crippen LogP contribution in [-0.2, 0) is 5.41 Å². The maximum Gasteiger partial charge on any atom is 0.164 e. The molecular weight excluding hydrogens is 733 g/mol. The lowest BCUT2D eigenvalue weighted by Crippen LogP contribution is -2.32. The van der Waals surface area contributed by atoms with Gasteiger partial charge in [-0.1, -0.05) is 164 Å². The Morgan fingerprint density at radius 3 is 1.45 bits per heavy atom. The predicted octanol–water partition coefficient (Wildman–Crippen LogP) is 13.2. The van der Waals surface area contributed by atoms with Crippen molar-refractivity contribution in [2.75, 3.05) is 0 Å². The second-order valence-electron chi connectivity index (χ2n) is 15.4. The fourth-order valence-corrected chi connectivity index (χ4v) is 9.34. The van der Waals surface area contributed by atoms with E-state index in [1.165, 1.54) is 22.3 Å². The Hall–Kier alpha value is -8.02. The number of aromatic nitrogens is 4. The molecule has 2 aromatic heterocycles. The number of nitrogens with zero attached hydrogens (tertiary/aromatic N) is 4. The summed E-state index contributed by atoms with van der Waals surface area (Å²) in [6.07, 6.45) is 1.86. The first-order valence-electron chi connectivity index (χ1n) is 20.2. The number of fused-ring (bicyclic) bond motifs is 10. The number of rotatable bonds is 5. The minimum absolute atomic E-state index is 0.598. The molecule has 3 heterocycles. The first kappa shape index (κ1) is 34.1. The molecule has 1 aliphatic carbocycles. The van der Waals surface area contributed by atoms with E-state index in [4.69, 9.17) is 24.7 Å². The van der Waals surface area contributed by atoms with Gasteiger partial charge < -0.3 is 4.74 Å². The maximum atomic E-state index is 6.92. The van der Waals surface area contributed by atoms with E-state index in [1.54, 1.807) is 0 Å². The van der Waals surface area contributed by atoms with Crippen molar-refractivity contribution in [2.24, 2.45) is 0 Å². The van der Waals surface area contributed by atoms with Gasteiger partial charge in [-0.15, -0.1) is 0 Å². The van der Waals surface area contributed by atoms with E-state index >= 15 is 0 Å². The summed E-state index contributed by atoms with van der Waals surface area (Å²) in [6.45, 7) is 0.